The lowest BCUT2D eigenvalue weighted by atomic mass is 10.1. The molecule has 4 rings (SSSR count). The van der Waals surface area contributed by atoms with Crippen molar-refractivity contribution in [3.05, 3.63) is 45.2 Å². The first-order chi connectivity index (χ1) is 14.9. The number of aromatic nitrogens is 5. The second kappa shape index (κ2) is 9.00. The van der Waals surface area contributed by atoms with Crippen LogP contribution in [0.5, 0.6) is 0 Å². The van der Waals surface area contributed by atoms with E-state index in [1.54, 1.807) is 25.1 Å². The van der Waals surface area contributed by atoms with E-state index in [1.165, 1.54) is 4.68 Å². The zero-order valence-electron chi connectivity index (χ0n) is 16.5. The van der Waals surface area contributed by atoms with Crippen LogP contribution in [0.25, 0.3) is 5.82 Å². The second-order valence-electron chi connectivity index (χ2n) is 7.02. The first-order valence-electron chi connectivity index (χ1n) is 9.49. The number of likely N-dealkylation sites (tertiary alicyclic amines) is 1. The fraction of sp³-hybridized carbons (Fsp3) is 0.333. The number of hydrogen-bond acceptors (Lipinski definition) is 9. The summed E-state index contributed by atoms with van der Waals surface area (Å²) in [5, 5.41) is 20.6. The summed E-state index contributed by atoms with van der Waals surface area (Å²) in [7, 11) is 0. The van der Waals surface area contributed by atoms with Crippen LogP contribution in [-0.2, 0) is 6.54 Å². The highest BCUT2D eigenvalue weighted by atomic mass is 35.5. The van der Waals surface area contributed by atoms with Gasteiger partial charge in [0.05, 0.1) is 10.7 Å². The molecule has 0 atom stereocenters. The summed E-state index contributed by atoms with van der Waals surface area (Å²) in [5.74, 6) is -0.475. The SMILES string of the molecule is C/C(=N/NC(=O)c1c(CN2CCCC2)nnn1-c1nonc1N)c1ccc(Cl)cc1Cl. The van der Waals surface area contributed by atoms with Gasteiger partial charge in [-0.1, -0.05) is 34.5 Å². The first kappa shape index (κ1) is 21.2. The van der Waals surface area contributed by atoms with E-state index in [1.807, 2.05) is 0 Å². The Kier molecular flexibility index (Phi) is 6.16. The maximum atomic E-state index is 13.1. The third-order valence-corrected chi connectivity index (χ3v) is 5.42. The zero-order valence-corrected chi connectivity index (χ0v) is 18.1. The maximum Gasteiger partial charge on any atom is 0.292 e. The highest BCUT2D eigenvalue weighted by Gasteiger charge is 2.27. The minimum Gasteiger partial charge on any atom is -0.378 e. The van der Waals surface area contributed by atoms with Crippen LogP contribution >= 0.6 is 23.2 Å². The molecule has 1 amide bonds. The molecule has 2 aromatic heterocycles. The van der Waals surface area contributed by atoms with Crippen molar-refractivity contribution in [1.82, 2.24) is 35.6 Å². The van der Waals surface area contributed by atoms with E-state index in [0.717, 1.165) is 25.9 Å². The molecule has 1 aromatic carbocycles. The Morgan fingerprint density at radius 3 is 2.74 bits per heavy atom. The number of halogens is 2. The van der Waals surface area contributed by atoms with E-state index >= 15 is 0 Å². The van der Waals surface area contributed by atoms with Gasteiger partial charge in [0.1, 0.15) is 5.69 Å². The van der Waals surface area contributed by atoms with Gasteiger partial charge >= 0.3 is 0 Å². The molecule has 1 fully saturated rings. The predicted molar refractivity (Wildman–Crippen MR) is 114 cm³/mol. The maximum absolute atomic E-state index is 13.1. The molecular weight excluding hydrogens is 445 g/mol. The molecule has 1 saturated heterocycles. The van der Waals surface area contributed by atoms with E-state index in [0.29, 0.717) is 33.6 Å². The summed E-state index contributed by atoms with van der Waals surface area (Å²) in [5.41, 5.74) is 10.1. The lowest BCUT2D eigenvalue weighted by Crippen LogP contribution is -2.26. The Bertz CT molecular complexity index is 1140. The Balaban J connectivity index is 1.63. The average Bonchev–Trinajstić information content (AvgIpc) is 3.47. The van der Waals surface area contributed by atoms with Crippen LogP contribution in [0.15, 0.2) is 27.9 Å². The third kappa shape index (κ3) is 4.53. The zero-order chi connectivity index (χ0) is 22.0. The summed E-state index contributed by atoms with van der Waals surface area (Å²) in [6.07, 6.45) is 2.20. The van der Waals surface area contributed by atoms with Crippen LogP contribution in [0, 0.1) is 0 Å². The molecule has 3 aromatic rings. The second-order valence-corrected chi connectivity index (χ2v) is 7.86. The molecule has 0 saturated carbocycles. The molecule has 0 spiro atoms. The number of nitrogens with zero attached hydrogens (tertiary/aromatic N) is 7. The minimum absolute atomic E-state index is 0.0145. The fourth-order valence-corrected chi connectivity index (χ4v) is 3.86. The number of hydrogen-bond donors (Lipinski definition) is 2. The molecule has 3 N–H and O–H groups in total. The molecule has 0 aliphatic carbocycles. The molecule has 31 heavy (non-hydrogen) atoms. The van der Waals surface area contributed by atoms with Crippen LogP contribution < -0.4 is 11.2 Å². The number of carbonyl (C=O) groups excluding carboxylic acids is 1. The minimum atomic E-state index is -0.536. The molecule has 1 aliphatic rings. The lowest BCUT2D eigenvalue weighted by Gasteiger charge is -2.13. The number of anilines is 1. The van der Waals surface area contributed by atoms with Gasteiger partial charge in [0.15, 0.2) is 5.69 Å². The van der Waals surface area contributed by atoms with Gasteiger partial charge in [0.2, 0.25) is 11.6 Å². The van der Waals surface area contributed by atoms with Crippen molar-refractivity contribution < 1.29 is 9.42 Å². The standard InChI is InChI=1S/C18H19Cl2N9O2/c1-10(12-5-4-11(19)8-13(12)20)22-24-18(30)15-14(9-28-6-2-3-7-28)23-27-29(15)17-16(21)25-31-26-17/h4-5,8H,2-3,6-7,9H2,1H3,(H2,21,25)(H,24,30)/b22-10-. The van der Waals surface area contributed by atoms with Gasteiger partial charge in [-0.2, -0.15) is 9.78 Å². The number of benzene rings is 1. The molecule has 0 unspecified atom stereocenters. The van der Waals surface area contributed by atoms with Crippen LogP contribution in [0.2, 0.25) is 10.0 Å². The summed E-state index contributed by atoms with van der Waals surface area (Å²) >= 11 is 12.2. The van der Waals surface area contributed by atoms with Gasteiger partial charge in [-0.15, -0.1) is 5.10 Å². The van der Waals surface area contributed by atoms with E-state index in [-0.39, 0.29) is 17.3 Å². The number of carbonyl (C=O) groups is 1. The smallest absolute Gasteiger partial charge is 0.292 e. The number of nitrogens with two attached hydrogens (primary N) is 1. The Morgan fingerprint density at radius 2 is 2.06 bits per heavy atom. The topological polar surface area (TPSA) is 140 Å². The number of hydrazone groups is 1. The molecule has 0 radical (unpaired) electrons. The average molecular weight is 464 g/mol. The van der Waals surface area contributed by atoms with Crippen molar-refractivity contribution >= 4 is 40.6 Å². The fourth-order valence-electron chi connectivity index (χ4n) is 3.32. The Hall–Kier alpha value is -3.02. The van der Waals surface area contributed by atoms with Crippen molar-refractivity contribution in [3.8, 4) is 5.82 Å². The molecule has 0 bridgehead atoms. The quantitative estimate of drug-likeness (QED) is 0.418. The van der Waals surface area contributed by atoms with Crippen LogP contribution in [0.3, 0.4) is 0 Å². The van der Waals surface area contributed by atoms with E-state index < -0.39 is 5.91 Å². The van der Waals surface area contributed by atoms with Crippen molar-refractivity contribution in [2.24, 2.45) is 5.10 Å². The Labute approximate surface area is 187 Å². The normalized spacial score (nSPS) is 14.9. The molecule has 11 nitrogen and oxygen atoms in total. The monoisotopic (exact) mass is 463 g/mol. The molecule has 1 aliphatic heterocycles. The molecule has 3 heterocycles. The molecule has 162 valence electrons. The lowest BCUT2D eigenvalue weighted by molar-refractivity contribution is 0.0945. The van der Waals surface area contributed by atoms with Gasteiger partial charge in [0, 0.05) is 17.1 Å². The van der Waals surface area contributed by atoms with Crippen molar-refractivity contribution in [3.63, 3.8) is 0 Å². The van der Waals surface area contributed by atoms with E-state index in [4.69, 9.17) is 28.9 Å². The van der Waals surface area contributed by atoms with Gasteiger partial charge < -0.3 is 5.73 Å². The number of nitrogen functional groups attached to an aromatic ring is 1. The largest absolute Gasteiger partial charge is 0.378 e. The molecular formula is C18H19Cl2N9O2. The van der Waals surface area contributed by atoms with E-state index in [9.17, 15) is 4.79 Å². The first-order valence-corrected chi connectivity index (χ1v) is 10.2. The third-order valence-electron chi connectivity index (χ3n) is 4.87. The number of rotatable bonds is 6. The van der Waals surface area contributed by atoms with E-state index in [2.05, 4.69) is 40.7 Å². The van der Waals surface area contributed by atoms with Crippen molar-refractivity contribution in [2.45, 2.75) is 26.3 Å². The van der Waals surface area contributed by atoms with Gasteiger partial charge in [-0.05, 0) is 55.3 Å². The van der Waals surface area contributed by atoms with Gasteiger partial charge in [0.25, 0.3) is 5.91 Å². The highest BCUT2D eigenvalue weighted by Crippen LogP contribution is 2.22. The summed E-state index contributed by atoms with van der Waals surface area (Å²) in [6.45, 7) is 4.02. The van der Waals surface area contributed by atoms with Crippen LogP contribution in [0.4, 0.5) is 5.82 Å². The van der Waals surface area contributed by atoms with Crippen molar-refractivity contribution in [1.29, 1.82) is 0 Å². The molecule has 13 heteroatoms. The van der Waals surface area contributed by atoms with Crippen molar-refractivity contribution in [2.75, 3.05) is 18.8 Å². The predicted octanol–water partition coefficient (Wildman–Crippen LogP) is 2.29. The van der Waals surface area contributed by atoms with Crippen LogP contribution in [-0.4, -0.2) is 54.9 Å². The van der Waals surface area contributed by atoms with Gasteiger partial charge in [-0.3, -0.25) is 9.69 Å². The van der Waals surface area contributed by atoms with Gasteiger partial charge in [-0.25, -0.2) is 10.1 Å². The summed E-state index contributed by atoms with van der Waals surface area (Å²) in [4.78, 5) is 15.3. The summed E-state index contributed by atoms with van der Waals surface area (Å²) < 4.78 is 5.85. The Morgan fingerprint density at radius 1 is 1.29 bits per heavy atom. The highest BCUT2D eigenvalue weighted by molar-refractivity contribution is 6.37. The summed E-state index contributed by atoms with van der Waals surface area (Å²) in [6, 6.07) is 5.02. The number of nitrogens with one attached hydrogen (secondary N) is 1. The number of amides is 1. The van der Waals surface area contributed by atoms with Crippen LogP contribution in [0.1, 0.15) is 41.5 Å².